The Labute approximate surface area is 178 Å². The van der Waals surface area contributed by atoms with E-state index in [0.29, 0.717) is 28.6 Å². The fourth-order valence-corrected chi connectivity index (χ4v) is 2.81. The summed E-state index contributed by atoms with van der Waals surface area (Å²) in [7, 11) is 1.67. The number of halogens is 3. The number of primary amides is 1. The third-order valence-corrected chi connectivity index (χ3v) is 4.55. The van der Waals surface area contributed by atoms with Gasteiger partial charge in [-0.3, -0.25) is 9.48 Å². The zero-order valence-electron chi connectivity index (χ0n) is 16.5. The summed E-state index contributed by atoms with van der Waals surface area (Å²) < 4.78 is 50.8. The van der Waals surface area contributed by atoms with Crippen LogP contribution in [0.3, 0.4) is 0 Å². The van der Waals surface area contributed by atoms with Crippen LogP contribution in [0, 0.1) is 0 Å². The van der Waals surface area contributed by atoms with E-state index in [2.05, 4.69) is 20.3 Å². The third kappa shape index (κ3) is 4.29. The number of aryl methyl sites for hydroxylation is 1. The molecule has 0 spiro atoms. The molecule has 3 heterocycles. The van der Waals surface area contributed by atoms with Crippen LogP contribution >= 0.6 is 0 Å². The number of benzene rings is 1. The van der Waals surface area contributed by atoms with Crippen LogP contribution in [-0.4, -0.2) is 30.9 Å². The van der Waals surface area contributed by atoms with E-state index in [1.807, 2.05) is 0 Å². The highest BCUT2D eigenvalue weighted by Crippen LogP contribution is 2.30. The maximum atomic E-state index is 12.7. The predicted octanol–water partition coefficient (Wildman–Crippen LogP) is 3.23. The van der Waals surface area contributed by atoms with Crippen molar-refractivity contribution in [1.82, 2.24) is 25.0 Å². The number of nitrogens with zero attached hydrogens (tertiary/aromatic N) is 5. The van der Waals surface area contributed by atoms with Gasteiger partial charge >= 0.3 is 6.18 Å². The number of pyridine rings is 1. The van der Waals surface area contributed by atoms with Gasteiger partial charge in [0.05, 0.1) is 23.0 Å². The highest BCUT2D eigenvalue weighted by molar-refractivity contribution is 5.93. The van der Waals surface area contributed by atoms with Gasteiger partial charge in [-0.2, -0.15) is 18.3 Å². The molecule has 0 aliphatic rings. The largest absolute Gasteiger partial charge is 0.471 e. The van der Waals surface area contributed by atoms with Crippen LogP contribution in [0.25, 0.3) is 22.9 Å². The average Bonchev–Trinajstić information content (AvgIpc) is 3.39. The van der Waals surface area contributed by atoms with Gasteiger partial charge in [0.1, 0.15) is 6.61 Å². The number of alkyl halides is 3. The van der Waals surface area contributed by atoms with Gasteiger partial charge in [-0.1, -0.05) is 0 Å². The van der Waals surface area contributed by atoms with Crippen LogP contribution in [0.2, 0.25) is 0 Å². The summed E-state index contributed by atoms with van der Waals surface area (Å²) in [5, 5.41) is 12.2. The summed E-state index contributed by atoms with van der Waals surface area (Å²) in [6, 6.07) is 8.37. The number of carbonyl (C=O) groups is 1. The third-order valence-electron chi connectivity index (χ3n) is 4.55. The molecule has 0 atom stereocenters. The van der Waals surface area contributed by atoms with Crippen LogP contribution in [0.5, 0.6) is 5.88 Å². The highest BCUT2D eigenvalue weighted by atomic mass is 19.4. The molecular weight excluding hydrogens is 429 g/mol. The Morgan fingerprint density at radius 2 is 1.81 bits per heavy atom. The van der Waals surface area contributed by atoms with Gasteiger partial charge in [-0.05, 0) is 30.3 Å². The highest BCUT2D eigenvalue weighted by Gasteiger charge is 2.30. The van der Waals surface area contributed by atoms with E-state index >= 15 is 0 Å². The second-order valence-electron chi connectivity index (χ2n) is 6.65. The van der Waals surface area contributed by atoms with E-state index < -0.39 is 17.6 Å². The molecule has 32 heavy (non-hydrogen) atoms. The van der Waals surface area contributed by atoms with Crippen LogP contribution in [0.15, 0.2) is 53.2 Å². The zero-order chi connectivity index (χ0) is 22.9. The summed E-state index contributed by atoms with van der Waals surface area (Å²) in [6.45, 7) is -0.0464. The van der Waals surface area contributed by atoms with Crippen molar-refractivity contribution >= 4 is 5.91 Å². The van der Waals surface area contributed by atoms with E-state index in [9.17, 15) is 18.0 Å². The first-order valence-electron chi connectivity index (χ1n) is 9.13. The monoisotopic (exact) mass is 444 g/mol. The molecule has 3 aromatic heterocycles. The van der Waals surface area contributed by atoms with Crippen molar-refractivity contribution in [3.8, 4) is 28.8 Å². The molecule has 4 aromatic rings. The lowest BCUT2D eigenvalue weighted by molar-refractivity contribution is -0.137. The average molecular weight is 444 g/mol. The van der Waals surface area contributed by atoms with Gasteiger partial charge in [0.25, 0.3) is 5.89 Å². The Morgan fingerprint density at radius 1 is 1.09 bits per heavy atom. The minimum Gasteiger partial charge on any atom is -0.471 e. The van der Waals surface area contributed by atoms with Gasteiger partial charge in [-0.25, -0.2) is 4.98 Å². The Balaban J connectivity index is 1.52. The second kappa shape index (κ2) is 8.13. The lowest BCUT2D eigenvalue weighted by Gasteiger charge is -2.09. The van der Waals surface area contributed by atoms with Gasteiger partial charge in [0.15, 0.2) is 0 Å². The fraction of sp³-hybridized carbons (Fsp3) is 0.150. The quantitative estimate of drug-likeness (QED) is 0.484. The normalized spacial score (nSPS) is 11.5. The molecule has 4 rings (SSSR count). The number of hydrogen-bond donors (Lipinski definition) is 1. The Bertz CT molecular complexity index is 1250. The SMILES string of the molecule is Cn1ncc(-c2nnc(-c3ccc(C(N)=O)cc3)o2)c1COc1ccc(C(F)(F)F)cn1. The summed E-state index contributed by atoms with van der Waals surface area (Å²) in [4.78, 5) is 14.9. The van der Waals surface area contributed by atoms with E-state index in [0.717, 1.165) is 12.1 Å². The van der Waals surface area contributed by atoms with Gasteiger partial charge < -0.3 is 14.9 Å². The molecule has 0 bridgehead atoms. The molecule has 1 amide bonds. The first-order chi connectivity index (χ1) is 15.2. The molecule has 164 valence electrons. The van der Waals surface area contributed by atoms with Crippen molar-refractivity contribution in [3.63, 3.8) is 0 Å². The van der Waals surface area contributed by atoms with Crippen molar-refractivity contribution in [2.75, 3.05) is 0 Å². The first kappa shape index (κ1) is 21.0. The molecule has 0 saturated carbocycles. The molecule has 0 saturated heterocycles. The predicted molar refractivity (Wildman–Crippen MR) is 104 cm³/mol. The standard InChI is InChI=1S/C20H15F3N6O3/c1-29-15(10-31-16-7-6-13(8-25-16)20(21,22)23)14(9-26-29)19-28-27-18(32-19)12-4-2-11(3-5-12)17(24)30/h2-9H,10H2,1H3,(H2,24,30). The van der Waals surface area contributed by atoms with E-state index in [1.54, 1.807) is 31.3 Å². The van der Waals surface area contributed by atoms with Crippen molar-refractivity contribution in [1.29, 1.82) is 0 Å². The molecule has 12 heteroatoms. The number of carbonyl (C=O) groups excluding carboxylic acids is 1. The number of hydrogen-bond acceptors (Lipinski definition) is 7. The molecule has 0 radical (unpaired) electrons. The fourth-order valence-electron chi connectivity index (χ4n) is 2.81. The van der Waals surface area contributed by atoms with Crippen molar-refractivity contribution in [2.45, 2.75) is 12.8 Å². The maximum absolute atomic E-state index is 12.7. The summed E-state index contributed by atoms with van der Waals surface area (Å²) in [5.41, 5.74) is 6.34. The topological polar surface area (TPSA) is 122 Å². The Morgan fingerprint density at radius 3 is 2.44 bits per heavy atom. The lowest BCUT2D eigenvalue weighted by Crippen LogP contribution is -2.10. The van der Waals surface area contributed by atoms with Crippen molar-refractivity contribution < 1.29 is 27.1 Å². The van der Waals surface area contributed by atoms with Crippen LogP contribution in [0.4, 0.5) is 13.2 Å². The van der Waals surface area contributed by atoms with E-state index in [4.69, 9.17) is 14.9 Å². The summed E-state index contributed by atoms with van der Waals surface area (Å²) >= 11 is 0. The molecule has 1 aromatic carbocycles. The number of amides is 1. The minimum absolute atomic E-state index is 0.0194. The number of nitrogens with two attached hydrogens (primary N) is 1. The molecule has 0 aliphatic carbocycles. The molecule has 0 aliphatic heterocycles. The smallest absolute Gasteiger partial charge is 0.417 e. The maximum Gasteiger partial charge on any atom is 0.417 e. The number of rotatable bonds is 6. The number of aromatic nitrogens is 5. The molecule has 0 unspecified atom stereocenters. The minimum atomic E-state index is -4.48. The molecule has 0 fully saturated rings. The first-order valence-corrected chi connectivity index (χ1v) is 9.13. The van der Waals surface area contributed by atoms with Crippen LogP contribution in [0.1, 0.15) is 21.6 Å². The molecule has 9 nitrogen and oxygen atoms in total. The van der Waals surface area contributed by atoms with E-state index in [-0.39, 0.29) is 24.3 Å². The lowest BCUT2D eigenvalue weighted by atomic mass is 10.1. The van der Waals surface area contributed by atoms with Gasteiger partial charge in [0, 0.05) is 30.4 Å². The Hall–Kier alpha value is -4.22. The van der Waals surface area contributed by atoms with E-state index in [1.165, 1.54) is 10.9 Å². The zero-order valence-corrected chi connectivity index (χ0v) is 16.5. The Kier molecular flexibility index (Phi) is 5.34. The van der Waals surface area contributed by atoms with Gasteiger partial charge in [-0.15, -0.1) is 10.2 Å². The molecule has 2 N–H and O–H groups in total. The van der Waals surface area contributed by atoms with Crippen LogP contribution in [-0.2, 0) is 19.8 Å². The summed E-state index contributed by atoms with van der Waals surface area (Å²) in [5.74, 6) is -0.140. The van der Waals surface area contributed by atoms with Crippen LogP contribution < -0.4 is 10.5 Å². The second-order valence-corrected chi connectivity index (χ2v) is 6.65. The summed E-state index contributed by atoms with van der Waals surface area (Å²) in [6.07, 6.45) is -2.27. The number of ether oxygens (including phenoxy) is 1. The molecular formula is C20H15F3N6O3. The van der Waals surface area contributed by atoms with Crippen molar-refractivity contribution in [2.24, 2.45) is 12.8 Å². The van der Waals surface area contributed by atoms with Gasteiger partial charge in [0.2, 0.25) is 17.7 Å². The van der Waals surface area contributed by atoms with Crippen molar-refractivity contribution in [3.05, 3.63) is 65.6 Å².